The number of piperidine rings is 2. The summed E-state index contributed by atoms with van der Waals surface area (Å²) in [5.41, 5.74) is 7.13. The molecular formula is C51H60N12O6S2. The summed E-state index contributed by atoms with van der Waals surface area (Å²) in [4.78, 5) is 35.1. The van der Waals surface area contributed by atoms with E-state index in [1.807, 2.05) is 97.8 Å². The predicted octanol–water partition coefficient (Wildman–Crippen LogP) is 7.31. The molecule has 4 atom stereocenters. The molecule has 0 saturated carbocycles. The van der Waals surface area contributed by atoms with Gasteiger partial charge in [-0.2, -0.15) is 0 Å². The molecule has 2 aromatic carbocycles. The van der Waals surface area contributed by atoms with Gasteiger partial charge in [0.1, 0.15) is 22.9 Å². The monoisotopic (exact) mass is 1000 g/mol. The second-order valence-electron chi connectivity index (χ2n) is 18.5. The van der Waals surface area contributed by atoms with Crippen LogP contribution in [0.5, 0.6) is 11.5 Å². The first-order valence-electron chi connectivity index (χ1n) is 24.1. The van der Waals surface area contributed by atoms with Crippen molar-refractivity contribution >= 4 is 44.5 Å². The van der Waals surface area contributed by atoms with E-state index in [0.717, 1.165) is 125 Å². The number of aromatic nitrogens is 8. The van der Waals surface area contributed by atoms with Crippen LogP contribution in [-0.4, -0.2) is 155 Å². The van der Waals surface area contributed by atoms with Gasteiger partial charge < -0.3 is 39.8 Å². The number of nitrogens with one attached hydrogen (secondary N) is 2. The van der Waals surface area contributed by atoms with Crippen molar-refractivity contribution in [3.8, 4) is 56.8 Å². The van der Waals surface area contributed by atoms with Crippen LogP contribution >= 0.6 is 22.7 Å². The quantitative estimate of drug-likeness (QED) is 0.0798. The number of hydrogen-bond donors (Lipinski definition) is 4. The molecule has 0 amide bonds. The third-order valence-electron chi connectivity index (χ3n) is 12.9. The number of likely N-dealkylation sites (tertiary alicyclic amines) is 2. The maximum Gasteiger partial charge on any atom is 0.223 e. The van der Waals surface area contributed by atoms with Crippen molar-refractivity contribution in [2.45, 2.75) is 69.6 Å². The van der Waals surface area contributed by atoms with Crippen LogP contribution < -0.4 is 20.1 Å². The molecule has 0 aliphatic carbocycles. The Kier molecular flexibility index (Phi) is 14.8. The Morgan fingerprint density at radius 2 is 1.28 bits per heavy atom. The Morgan fingerprint density at radius 1 is 0.746 bits per heavy atom. The van der Waals surface area contributed by atoms with Gasteiger partial charge in [0.15, 0.2) is 15.7 Å². The largest absolute Gasteiger partial charge is 0.497 e. The lowest BCUT2D eigenvalue weighted by atomic mass is 10.1. The average Bonchev–Trinajstić information content (AvgIpc) is 4.23. The highest BCUT2D eigenvalue weighted by molar-refractivity contribution is 7.15. The van der Waals surface area contributed by atoms with E-state index < -0.39 is 11.9 Å². The van der Waals surface area contributed by atoms with E-state index in [-0.39, 0.29) is 24.8 Å². The summed E-state index contributed by atoms with van der Waals surface area (Å²) in [5.74, 6) is 2.28. The highest BCUT2D eigenvalue weighted by Crippen LogP contribution is 2.37. The summed E-state index contributed by atoms with van der Waals surface area (Å²) in [6.45, 7) is 9.36. The Hall–Kier alpha value is -6.10. The lowest BCUT2D eigenvalue weighted by Crippen LogP contribution is -2.45. The van der Waals surface area contributed by atoms with Crippen LogP contribution in [-0.2, 0) is 9.47 Å². The number of benzene rings is 2. The lowest BCUT2D eigenvalue weighted by Gasteiger charge is -2.34. The second kappa shape index (κ2) is 21.7. The number of hydrogen-bond acceptors (Lipinski definition) is 18. The van der Waals surface area contributed by atoms with E-state index in [4.69, 9.17) is 44.0 Å². The van der Waals surface area contributed by atoms with Gasteiger partial charge >= 0.3 is 0 Å². The van der Waals surface area contributed by atoms with E-state index in [2.05, 4.69) is 45.3 Å². The summed E-state index contributed by atoms with van der Waals surface area (Å²) >= 11 is 3.18. The number of methoxy groups -OCH3 is 2. The smallest absolute Gasteiger partial charge is 0.223 e. The summed E-state index contributed by atoms with van der Waals surface area (Å²) in [5, 5.41) is 30.1. The topological polar surface area (TPSA) is 194 Å². The van der Waals surface area contributed by atoms with Gasteiger partial charge in [-0.05, 0) is 89.0 Å². The molecule has 3 fully saturated rings. The molecule has 11 rings (SSSR count). The number of aliphatic hydroxyl groups is 2. The van der Waals surface area contributed by atoms with Gasteiger partial charge in [0.25, 0.3) is 0 Å². The Bertz CT molecular complexity index is 3050. The minimum Gasteiger partial charge on any atom is -0.497 e. The number of aliphatic hydroxyl groups excluding tert-OH is 2. The second-order valence-corrected chi connectivity index (χ2v) is 20.2. The van der Waals surface area contributed by atoms with Crippen LogP contribution in [0.25, 0.3) is 55.2 Å². The summed E-state index contributed by atoms with van der Waals surface area (Å²) in [6, 6.07) is 20.1. The fourth-order valence-electron chi connectivity index (χ4n) is 9.66. The van der Waals surface area contributed by atoms with E-state index in [1.54, 1.807) is 43.1 Å². The Balaban J connectivity index is 0.000000165. The van der Waals surface area contributed by atoms with E-state index in [9.17, 15) is 5.11 Å². The van der Waals surface area contributed by atoms with Gasteiger partial charge in [0.05, 0.1) is 62.4 Å². The molecule has 0 unspecified atom stereocenters. The Morgan fingerprint density at radius 3 is 1.79 bits per heavy atom. The Labute approximate surface area is 420 Å². The third-order valence-corrected chi connectivity index (χ3v) is 14.4. The van der Waals surface area contributed by atoms with Gasteiger partial charge in [-0.1, -0.05) is 24.3 Å². The van der Waals surface area contributed by atoms with Crippen LogP contribution in [0.15, 0.2) is 96.2 Å². The van der Waals surface area contributed by atoms with Crippen LogP contribution in [0.1, 0.15) is 39.5 Å². The molecule has 0 radical (unpaired) electrons. The first-order valence-corrected chi connectivity index (χ1v) is 25.8. The molecule has 0 bridgehead atoms. The summed E-state index contributed by atoms with van der Waals surface area (Å²) in [7, 11) is 3.33. The van der Waals surface area contributed by atoms with Crippen LogP contribution in [0.3, 0.4) is 0 Å². The molecule has 20 heteroatoms. The number of nitrogens with zero attached hydrogens (tertiary/aromatic N) is 10. The van der Waals surface area contributed by atoms with Gasteiger partial charge in [0.2, 0.25) is 11.9 Å². The van der Waals surface area contributed by atoms with E-state index in [0.29, 0.717) is 25.0 Å². The minimum atomic E-state index is -0.719. The molecule has 372 valence electrons. The number of β-amino-alcohol motifs (C(OH)–C–C–N with tert-alkyl or cyclic N) is 1. The summed E-state index contributed by atoms with van der Waals surface area (Å²) in [6.07, 6.45) is 11.2. The van der Waals surface area contributed by atoms with Gasteiger partial charge in [-0.25, -0.2) is 29.9 Å². The fourth-order valence-corrected chi connectivity index (χ4v) is 11.1. The van der Waals surface area contributed by atoms with Gasteiger partial charge in [-0.15, -0.1) is 22.7 Å². The minimum absolute atomic E-state index is 0.109. The van der Waals surface area contributed by atoms with Crippen LogP contribution in [0, 0.1) is 0 Å². The van der Waals surface area contributed by atoms with Crippen molar-refractivity contribution in [1.82, 2.24) is 48.5 Å². The number of thiazole rings is 2. The van der Waals surface area contributed by atoms with Crippen LogP contribution in [0.2, 0.25) is 0 Å². The first-order chi connectivity index (χ1) is 34.6. The number of rotatable bonds is 15. The molecule has 3 saturated heterocycles. The zero-order valence-corrected chi connectivity index (χ0v) is 42.0. The zero-order chi connectivity index (χ0) is 48.9. The number of fused-ring (bicyclic) bond motifs is 2. The SMILES string of the molecule is COc1cccc(-c2nc3sccn3c2-c2ccnc(N[C@@H]3CCCN(C[C@@H](O)CO)C3)n2)c1.COc1cccc(-c2nc3sccn3c2-c2ccnc(N[C@@H]3CCCN(C[C@@H]4COC(C)(C)O4)C3)n2)c1. The maximum atomic E-state index is 9.80. The van der Waals surface area contributed by atoms with E-state index >= 15 is 0 Å². The van der Waals surface area contributed by atoms with Crippen molar-refractivity contribution in [3.63, 3.8) is 0 Å². The average molecular weight is 1000 g/mol. The molecule has 6 aromatic heterocycles. The normalized spacial score (nSPS) is 19.9. The molecule has 71 heavy (non-hydrogen) atoms. The van der Waals surface area contributed by atoms with Crippen molar-refractivity contribution in [3.05, 3.63) is 96.2 Å². The first kappa shape index (κ1) is 48.5. The molecular weight excluding hydrogens is 941 g/mol. The van der Waals surface area contributed by atoms with Crippen LogP contribution in [0.4, 0.5) is 11.9 Å². The number of imidazole rings is 2. The number of anilines is 2. The van der Waals surface area contributed by atoms with Crippen molar-refractivity contribution in [2.75, 3.05) is 77.3 Å². The molecule has 3 aliphatic rings. The van der Waals surface area contributed by atoms with Crippen molar-refractivity contribution in [2.24, 2.45) is 0 Å². The molecule has 18 nitrogen and oxygen atoms in total. The van der Waals surface area contributed by atoms with E-state index in [1.165, 1.54) is 0 Å². The van der Waals surface area contributed by atoms with Crippen molar-refractivity contribution in [1.29, 1.82) is 0 Å². The lowest BCUT2D eigenvalue weighted by molar-refractivity contribution is -0.140. The molecule has 8 aromatic rings. The fraction of sp³-hybridized carbons (Fsp3) is 0.412. The maximum absolute atomic E-state index is 9.80. The van der Waals surface area contributed by atoms with Gasteiger partial charge in [0, 0.05) is 84.9 Å². The zero-order valence-electron chi connectivity index (χ0n) is 40.3. The number of ether oxygens (including phenoxy) is 4. The molecule has 0 spiro atoms. The summed E-state index contributed by atoms with van der Waals surface area (Å²) < 4.78 is 26.8. The molecule has 4 N–H and O–H groups in total. The standard InChI is InChI=1S/C27H32N6O3S.C24H28N6O3S/c1-27(2)35-17-21(36-27)16-32-11-5-7-19(15-32)29-25-28-10-9-22(30-25)24-23(31-26-33(24)12-13-37-26)18-6-4-8-20(14-18)34-3;1-33-19-6-2-4-16(12-19)21-22(30-10-11-34-24(30)28-21)20-7-8-25-23(27-20)26-17-5-3-9-29(13-17)14-18(32)15-31/h4,6,8-10,12-14,19,21H,5,7,11,15-17H2,1-3H3,(H,28,29,30);2,4,6-8,10-12,17-18,31-32H,3,5,9,13-15H2,1H3,(H,25,26,27)/t19-,21-;17-,18-/m11/s1. The predicted molar refractivity (Wildman–Crippen MR) is 276 cm³/mol. The third kappa shape index (κ3) is 11.3. The molecule has 9 heterocycles. The van der Waals surface area contributed by atoms with Gasteiger partial charge in [-0.3, -0.25) is 18.6 Å². The molecule has 3 aliphatic heterocycles. The highest BCUT2D eigenvalue weighted by Gasteiger charge is 2.35. The highest BCUT2D eigenvalue weighted by atomic mass is 32.1. The van der Waals surface area contributed by atoms with Crippen molar-refractivity contribution < 1.29 is 29.2 Å².